The summed E-state index contributed by atoms with van der Waals surface area (Å²) in [7, 11) is -1.78. The number of hydrogen-bond acceptors (Lipinski definition) is 6. The molecule has 1 N–H and O–H groups in total. The van der Waals surface area contributed by atoms with Gasteiger partial charge in [-0.25, -0.2) is 8.42 Å². The Labute approximate surface area is 175 Å². The van der Waals surface area contributed by atoms with Crippen molar-refractivity contribution < 1.29 is 18.0 Å². The fourth-order valence-electron chi connectivity index (χ4n) is 3.39. The molecule has 0 saturated carbocycles. The lowest BCUT2D eigenvalue weighted by molar-refractivity contribution is -0.109. The number of carbonyl (C=O) groups excluding carboxylic acids is 2. The van der Waals surface area contributed by atoms with Gasteiger partial charge < -0.3 is 4.90 Å². The Morgan fingerprint density at radius 3 is 2.52 bits per heavy atom. The highest BCUT2D eigenvalue weighted by Gasteiger charge is 2.22. The average molecular weight is 433 g/mol. The van der Waals surface area contributed by atoms with Crippen LogP contribution in [-0.2, 0) is 21.2 Å². The highest BCUT2D eigenvalue weighted by atomic mass is 32.2. The molecule has 0 aromatic heterocycles. The number of anilines is 2. The number of nitrogens with one attached hydrogen (secondary N) is 1. The highest BCUT2D eigenvalue weighted by Crippen LogP contribution is 2.32. The number of benzene rings is 2. The van der Waals surface area contributed by atoms with E-state index in [9.17, 15) is 18.0 Å². The van der Waals surface area contributed by atoms with Crippen molar-refractivity contribution in [2.75, 3.05) is 29.0 Å². The third-order valence-electron chi connectivity index (χ3n) is 4.93. The summed E-state index contributed by atoms with van der Waals surface area (Å²) in [6.45, 7) is 4.26. The molecule has 0 atom stereocenters. The second-order valence-corrected chi connectivity index (χ2v) is 9.98. The van der Waals surface area contributed by atoms with Crippen LogP contribution in [-0.4, -0.2) is 38.7 Å². The predicted molar refractivity (Wildman–Crippen MR) is 117 cm³/mol. The van der Waals surface area contributed by atoms with E-state index < -0.39 is 10.0 Å². The van der Waals surface area contributed by atoms with E-state index >= 15 is 0 Å². The van der Waals surface area contributed by atoms with Crippen molar-refractivity contribution in [1.29, 1.82) is 0 Å². The molecule has 0 fully saturated rings. The first-order chi connectivity index (χ1) is 13.7. The smallest absolute Gasteiger partial charge is 0.261 e. The summed E-state index contributed by atoms with van der Waals surface area (Å²) in [5.74, 6) is -0.101. The van der Waals surface area contributed by atoms with Crippen LogP contribution in [0.2, 0.25) is 0 Å². The van der Waals surface area contributed by atoms with Crippen molar-refractivity contribution >= 4 is 44.1 Å². The summed E-state index contributed by atoms with van der Waals surface area (Å²) in [6, 6.07) is 9.67. The molecular weight excluding hydrogens is 408 g/mol. The number of sulfonamides is 1. The van der Waals surface area contributed by atoms with Gasteiger partial charge in [0.2, 0.25) is 0 Å². The van der Waals surface area contributed by atoms with E-state index in [2.05, 4.69) is 9.62 Å². The van der Waals surface area contributed by atoms with Crippen molar-refractivity contribution in [3.63, 3.8) is 0 Å². The molecule has 2 aromatic rings. The zero-order valence-electron chi connectivity index (χ0n) is 16.7. The van der Waals surface area contributed by atoms with Crippen molar-refractivity contribution in [3.8, 4) is 0 Å². The van der Waals surface area contributed by atoms with Gasteiger partial charge in [-0.15, -0.1) is 0 Å². The van der Waals surface area contributed by atoms with Crippen molar-refractivity contribution in [3.05, 3.63) is 53.1 Å². The minimum atomic E-state index is -3.76. The Morgan fingerprint density at radius 1 is 1.17 bits per heavy atom. The topological polar surface area (TPSA) is 83.5 Å². The average Bonchev–Trinajstić information content (AvgIpc) is 2.67. The summed E-state index contributed by atoms with van der Waals surface area (Å²) in [5.41, 5.74) is 3.94. The van der Waals surface area contributed by atoms with E-state index in [1.807, 2.05) is 14.0 Å². The number of nitrogens with zero attached hydrogens (tertiary/aromatic N) is 1. The monoisotopic (exact) mass is 432 g/mol. The van der Waals surface area contributed by atoms with E-state index in [4.69, 9.17) is 0 Å². The van der Waals surface area contributed by atoms with Crippen LogP contribution in [0.3, 0.4) is 0 Å². The number of hydrogen-bond donors (Lipinski definition) is 1. The van der Waals surface area contributed by atoms with Gasteiger partial charge in [0.1, 0.15) is 0 Å². The molecule has 8 heteroatoms. The van der Waals surface area contributed by atoms with Crippen LogP contribution >= 0.6 is 11.8 Å². The van der Waals surface area contributed by atoms with Crippen LogP contribution in [0.25, 0.3) is 0 Å². The van der Waals surface area contributed by atoms with Gasteiger partial charge in [0.15, 0.2) is 10.9 Å². The van der Waals surface area contributed by atoms with Crippen molar-refractivity contribution in [2.45, 2.75) is 31.6 Å². The standard InChI is InChI=1S/C21H24N2O4S2/c1-14-11-18(12-20-19(14)5-4-10-23(20)3)29(26,27)22-17-8-6-16(7-9-17)21(25)13-28-15(2)24/h6-9,11-12,22H,4-5,10,13H2,1-3H3. The van der Waals surface area contributed by atoms with Crippen LogP contribution in [0, 0.1) is 6.92 Å². The van der Waals surface area contributed by atoms with Gasteiger partial charge in [-0.1, -0.05) is 11.8 Å². The van der Waals surface area contributed by atoms with Gasteiger partial charge in [0.05, 0.1) is 10.6 Å². The summed E-state index contributed by atoms with van der Waals surface area (Å²) >= 11 is 0.954. The minimum Gasteiger partial charge on any atom is -0.374 e. The first-order valence-corrected chi connectivity index (χ1v) is 11.8. The number of ketones is 1. The van der Waals surface area contributed by atoms with E-state index in [0.29, 0.717) is 11.3 Å². The zero-order valence-corrected chi connectivity index (χ0v) is 18.3. The quantitative estimate of drug-likeness (QED) is 0.702. The maximum Gasteiger partial charge on any atom is 0.261 e. The van der Waals surface area contributed by atoms with Crippen LogP contribution in [0.1, 0.15) is 34.8 Å². The Hall–Kier alpha value is -2.32. The van der Waals surface area contributed by atoms with Gasteiger partial charge >= 0.3 is 0 Å². The van der Waals surface area contributed by atoms with Crippen molar-refractivity contribution in [1.82, 2.24) is 0 Å². The summed E-state index contributed by atoms with van der Waals surface area (Å²) in [4.78, 5) is 25.4. The number of rotatable bonds is 6. The van der Waals surface area contributed by atoms with Crippen LogP contribution in [0.4, 0.5) is 11.4 Å². The lowest BCUT2D eigenvalue weighted by atomic mass is 9.97. The SMILES string of the molecule is CC(=O)SCC(=O)c1ccc(NS(=O)(=O)c2cc(C)c3c(c2)N(C)CCC3)cc1. The summed E-state index contributed by atoms with van der Waals surface area (Å²) in [6.07, 6.45) is 2.02. The van der Waals surface area contributed by atoms with Gasteiger partial charge in [0, 0.05) is 37.5 Å². The van der Waals surface area contributed by atoms with Crippen LogP contribution in [0.15, 0.2) is 41.3 Å². The fourth-order valence-corrected chi connectivity index (χ4v) is 5.05. The van der Waals surface area contributed by atoms with Crippen LogP contribution < -0.4 is 9.62 Å². The van der Waals surface area contributed by atoms with Gasteiger partial charge in [-0.2, -0.15) is 0 Å². The molecule has 1 aliphatic heterocycles. The first-order valence-electron chi connectivity index (χ1n) is 9.31. The first kappa shape index (κ1) is 21.4. The molecule has 0 saturated heterocycles. The van der Waals surface area contributed by atoms with E-state index in [1.54, 1.807) is 36.4 Å². The molecule has 3 rings (SSSR count). The molecule has 0 amide bonds. The molecule has 154 valence electrons. The maximum atomic E-state index is 12.9. The molecular formula is C21H24N2O4S2. The number of aryl methyl sites for hydroxylation is 1. The molecule has 6 nitrogen and oxygen atoms in total. The number of fused-ring (bicyclic) bond motifs is 1. The molecule has 1 heterocycles. The number of thioether (sulfide) groups is 1. The second kappa shape index (κ2) is 8.59. The van der Waals surface area contributed by atoms with E-state index in [1.165, 1.54) is 12.5 Å². The van der Waals surface area contributed by atoms with E-state index in [-0.39, 0.29) is 21.5 Å². The Morgan fingerprint density at radius 2 is 1.86 bits per heavy atom. The third kappa shape index (κ3) is 5.00. The van der Waals surface area contributed by atoms with Gasteiger partial charge in [-0.3, -0.25) is 14.3 Å². The highest BCUT2D eigenvalue weighted by molar-refractivity contribution is 8.14. The van der Waals surface area contributed by atoms with E-state index in [0.717, 1.165) is 42.4 Å². The molecule has 2 aromatic carbocycles. The van der Waals surface area contributed by atoms with Crippen molar-refractivity contribution in [2.24, 2.45) is 0 Å². The predicted octanol–water partition coefficient (Wildman–Crippen LogP) is 3.64. The molecule has 0 spiro atoms. The molecule has 0 aliphatic carbocycles. The Bertz CT molecular complexity index is 1050. The van der Waals surface area contributed by atoms with Gasteiger partial charge in [-0.05, 0) is 67.3 Å². The number of Topliss-reactive ketones (excluding diaryl/α,β-unsaturated/α-hetero) is 1. The molecule has 1 aliphatic rings. The zero-order chi connectivity index (χ0) is 21.2. The van der Waals surface area contributed by atoms with Crippen LogP contribution in [0.5, 0.6) is 0 Å². The second-order valence-electron chi connectivity index (χ2n) is 7.15. The molecule has 0 unspecified atom stereocenters. The van der Waals surface area contributed by atoms with Gasteiger partial charge in [0.25, 0.3) is 10.0 Å². The lowest BCUT2D eigenvalue weighted by Crippen LogP contribution is -2.26. The third-order valence-corrected chi connectivity index (χ3v) is 7.10. The minimum absolute atomic E-state index is 0.0718. The molecule has 0 radical (unpaired) electrons. The molecule has 0 bridgehead atoms. The summed E-state index contributed by atoms with van der Waals surface area (Å²) < 4.78 is 28.4. The number of carbonyl (C=O) groups is 2. The Kier molecular flexibility index (Phi) is 6.33. The maximum absolute atomic E-state index is 12.9. The largest absolute Gasteiger partial charge is 0.374 e. The summed E-state index contributed by atoms with van der Waals surface area (Å²) in [5, 5.41) is -0.117. The fraction of sp³-hybridized carbons (Fsp3) is 0.333. The Balaban J connectivity index is 1.79. The molecule has 29 heavy (non-hydrogen) atoms. The normalized spacial score (nSPS) is 13.7. The lowest BCUT2D eigenvalue weighted by Gasteiger charge is -2.29.